The van der Waals surface area contributed by atoms with Crippen LogP contribution >= 0.6 is 0 Å². The minimum Gasteiger partial charge on any atom is -0.338 e. The molecule has 27 heavy (non-hydrogen) atoms. The van der Waals surface area contributed by atoms with Gasteiger partial charge in [0.1, 0.15) is 0 Å². The van der Waals surface area contributed by atoms with Crippen LogP contribution in [-0.4, -0.2) is 38.7 Å². The fourth-order valence-electron chi connectivity index (χ4n) is 4.84. The van der Waals surface area contributed by atoms with Crippen LogP contribution < -0.4 is 0 Å². The van der Waals surface area contributed by atoms with Crippen molar-refractivity contribution < 1.29 is 4.79 Å². The lowest BCUT2D eigenvalue weighted by atomic mass is 9.75. The lowest BCUT2D eigenvalue weighted by Crippen LogP contribution is -2.44. The van der Waals surface area contributed by atoms with E-state index < -0.39 is 0 Å². The molecule has 2 atom stereocenters. The molecule has 2 aromatic rings. The van der Waals surface area contributed by atoms with Crippen LogP contribution in [0, 0.1) is 11.8 Å². The molecule has 1 aliphatic carbocycles. The highest BCUT2D eigenvalue weighted by molar-refractivity contribution is 6.05. The summed E-state index contributed by atoms with van der Waals surface area (Å²) in [6.07, 6.45) is 8.31. The Kier molecular flexibility index (Phi) is 4.95. The number of carbonyl (C=O) groups is 1. The molecule has 0 N–H and O–H groups in total. The molecule has 146 valence electrons. The van der Waals surface area contributed by atoms with Gasteiger partial charge in [-0.15, -0.1) is 0 Å². The minimum atomic E-state index is 0.164. The first-order valence-corrected chi connectivity index (χ1v) is 10.6. The van der Waals surface area contributed by atoms with Crippen LogP contribution in [0.5, 0.6) is 0 Å². The van der Waals surface area contributed by atoms with E-state index >= 15 is 0 Å². The molecule has 5 heteroatoms. The predicted molar refractivity (Wildman–Crippen MR) is 108 cm³/mol. The van der Waals surface area contributed by atoms with Gasteiger partial charge < -0.3 is 4.90 Å². The molecule has 1 saturated carbocycles. The van der Waals surface area contributed by atoms with Gasteiger partial charge in [0.05, 0.1) is 17.1 Å². The van der Waals surface area contributed by atoms with Crippen LogP contribution in [0.2, 0.25) is 0 Å². The van der Waals surface area contributed by atoms with Gasteiger partial charge in [0.25, 0.3) is 5.91 Å². The van der Waals surface area contributed by atoms with Gasteiger partial charge >= 0.3 is 0 Å². The normalized spacial score (nSPS) is 23.3. The minimum absolute atomic E-state index is 0.164. The Labute approximate surface area is 162 Å². The highest BCUT2D eigenvalue weighted by atomic mass is 16.2. The largest absolute Gasteiger partial charge is 0.338 e. The van der Waals surface area contributed by atoms with Crippen molar-refractivity contribution in [3.05, 3.63) is 23.5 Å². The molecular weight excluding hydrogens is 336 g/mol. The van der Waals surface area contributed by atoms with Crippen molar-refractivity contribution in [1.29, 1.82) is 0 Å². The highest BCUT2D eigenvalue weighted by Gasteiger charge is 2.34. The van der Waals surface area contributed by atoms with E-state index in [4.69, 9.17) is 4.98 Å². The molecule has 2 fully saturated rings. The summed E-state index contributed by atoms with van der Waals surface area (Å²) in [5.41, 5.74) is 2.60. The van der Waals surface area contributed by atoms with E-state index in [1.807, 2.05) is 16.9 Å². The fraction of sp³-hybridized carbons (Fsp3) is 0.682. The number of rotatable bonds is 3. The van der Waals surface area contributed by atoms with Crippen molar-refractivity contribution in [3.8, 4) is 0 Å². The Balaban J connectivity index is 1.70. The first-order valence-electron chi connectivity index (χ1n) is 10.6. The number of carbonyl (C=O) groups excluding carboxylic acids is 1. The summed E-state index contributed by atoms with van der Waals surface area (Å²) in [7, 11) is 0. The van der Waals surface area contributed by atoms with Crippen LogP contribution in [0.4, 0.5) is 0 Å². The van der Waals surface area contributed by atoms with Gasteiger partial charge in [-0.05, 0) is 50.5 Å². The molecule has 5 nitrogen and oxygen atoms in total. The standard InChI is InChI=1S/C22H32N4O/c1-14(2)20-11-18(19-12-23-26(15(3)4)21(19)24-20)22(27)25-10-9-16-7-5-6-8-17(16)13-25/h11-12,14-17H,5-10,13H2,1-4H3/t16-,17-/m1/s1. The van der Waals surface area contributed by atoms with E-state index in [1.165, 1.54) is 25.7 Å². The molecule has 3 heterocycles. The molecular formula is C22H32N4O. The predicted octanol–water partition coefficient (Wildman–Crippen LogP) is 4.79. The SMILES string of the molecule is CC(C)c1cc(C(=O)N2CC[C@H]3CCCC[C@@H]3C2)c2cnn(C(C)C)c2n1. The Morgan fingerprint density at radius 1 is 1.11 bits per heavy atom. The third-order valence-electron chi connectivity index (χ3n) is 6.48. The number of aromatic nitrogens is 3. The lowest BCUT2D eigenvalue weighted by molar-refractivity contribution is 0.0522. The van der Waals surface area contributed by atoms with Gasteiger partial charge in [-0.1, -0.05) is 33.1 Å². The summed E-state index contributed by atoms with van der Waals surface area (Å²) in [5, 5.41) is 5.42. The molecule has 0 aromatic carbocycles. The fourth-order valence-corrected chi connectivity index (χ4v) is 4.84. The molecule has 0 bridgehead atoms. The maximum Gasteiger partial charge on any atom is 0.254 e. The summed E-state index contributed by atoms with van der Waals surface area (Å²) < 4.78 is 1.94. The van der Waals surface area contributed by atoms with Crippen LogP contribution in [-0.2, 0) is 0 Å². The number of pyridine rings is 1. The molecule has 1 saturated heterocycles. The van der Waals surface area contributed by atoms with Crippen molar-refractivity contribution in [2.24, 2.45) is 11.8 Å². The Morgan fingerprint density at radius 3 is 2.56 bits per heavy atom. The summed E-state index contributed by atoms with van der Waals surface area (Å²) in [6.45, 7) is 10.3. The van der Waals surface area contributed by atoms with E-state index in [2.05, 4.69) is 37.7 Å². The number of fused-ring (bicyclic) bond motifs is 2. The van der Waals surface area contributed by atoms with Crippen molar-refractivity contribution >= 4 is 16.9 Å². The number of nitrogens with zero attached hydrogens (tertiary/aromatic N) is 4. The van der Waals surface area contributed by atoms with Crippen molar-refractivity contribution in [2.45, 2.75) is 71.8 Å². The summed E-state index contributed by atoms with van der Waals surface area (Å²) in [4.78, 5) is 20.4. The molecule has 0 radical (unpaired) electrons. The van der Waals surface area contributed by atoms with Crippen LogP contribution in [0.15, 0.2) is 12.3 Å². The zero-order valence-corrected chi connectivity index (χ0v) is 17.1. The van der Waals surface area contributed by atoms with E-state index in [0.717, 1.165) is 47.7 Å². The quantitative estimate of drug-likeness (QED) is 0.783. The molecule has 4 rings (SSSR count). The number of piperidine rings is 1. The average molecular weight is 369 g/mol. The summed E-state index contributed by atoms with van der Waals surface area (Å²) in [6, 6.07) is 2.23. The van der Waals surface area contributed by atoms with Crippen LogP contribution in [0.25, 0.3) is 11.0 Å². The Morgan fingerprint density at radius 2 is 1.85 bits per heavy atom. The van der Waals surface area contributed by atoms with E-state index in [-0.39, 0.29) is 17.9 Å². The first kappa shape index (κ1) is 18.5. The summed E-state index contributed by atoms with van der Waals surface area (Å²) in [5.74, 6) is 1.96. The number of likely N-dealkylation sites (tertiary alicyclic amines) is 1. The van der Waals surface area contributed by atoms with E-state index in [9.17, 15) is 4.79 Å². The topological polar surface area (TPSA) is 51.0 Å². The highest BCUT2D eigenvalue weighted by Crippen LogP contribution is 2.37. The molecule has 2 aliphatic rings. The zero-order chi connectivity index (χ0) is 19.1. The van der Waals surface area contributed by atoms with Crippen molar-refractivity contribution in [1.82, 2.24) is 19.7 Å². The molecule has 0 spiro atoms. The third kappa shape index (κ3) is 3.37. The smallest absolute Gasteiger partial charge is 0.254 e. The number of hydrogen-bond acceptors (Lipinski definition) is 3. The van der Waals surface area contributed by atoms with Crippen molar-refractivity contribution in [3.63, 3.8) is 0 Å². The molecule has 2 aromatic heterocycles. The Bertz CT molecular complexity index is 838. The second-order valence-corrected chi connectivity index (χ2v) is 9.01. The van der Waals surface area contributed by atoms with Gasteiger partial charge in [0.15, 0.2) is 5.65 Å². The van der Waals surface area contributed by atoms with Gasteiger partial charge in [-0.2, -0.15) is 5.10 Å². The molecule has 1 amide bonds. The van der Waals surface area contributed by atoms with Gasteiger partial charge in [-0.3, -0.25) is 4.79 Å². The molecule has 1 aliphatic heterocycles. The third-order valence-corrected chi connectivity index (χ3v) is 6.48. The number of amides is 1. The Hall–Kier alpha value is -1.91. The molecule has 0 unspecified atom stereocenters. The first-order chi connectivity index (χ1) is 13.0. The van der Waals surface area contributed by atoms with Crippen LogP contribution in [0.3, 0.4) is 0 Å². The van der Waals surface area contributed by atoms with E-state index in [0.29, 0.717) is 5.92 Å². The monoisotopic (exact) mass is 368 g/mol. The van der Waals surface area contributed by atoms with E-state index in [1.54, 1.807) is 0 Å². The van der Waals surface area contributed by atoms with Crippen molar-refractivity contribution in [2.75, 3.05) is 13.1 Å². The maximum atomic E-state index is 13.5. The van der Waals surface area contributed by atoms with Gasteiger partial charge in [0.2, 0.25) is 0 Å². The zero-order valence-electron chi connectivity index (χ0n) is 17.1. The second kappa shape index (κ2) is 7.25. The summed E-state index contributed by atoms with van der Waals surface area (Å²) >= 11 is 0. The maximum absolute atomic E-state index is 13.5. The van der Waals surface area contributed by atoms with Crippen LogP contribution in [0.1, 0.15) is 87.8 Å². The lowest BCUT2D eigenvalue weighted by Gasteiger charge is -2.41. The van der Waals surface area contributed by atoms with Gasteiger partial charge in [-0.25, -0.2) is 9.67 Å². The average Bonchev–Trinajstić information content (AvgIpc) is 3.10. The number of hydrogen-bond donors (Lipinski definition) is 0. The van der Waals surface area contributed by atoms with Gasteiger partial charge in [0, 0.05) is 24.8 Å². The second-order valence-electron chi connectivity index (χ2n) is 9.01.